The average Bonchev–Trinajstić information content (AvgIpc) is 2.23. The van der Waals surface area contributed by atoms with Gasteiger partial charge in [-0.1, -0.05) is 20.8 Å². The van der Waals surface area contributed by atoms with Gasteiger partial charge >= 0.3 is 0 Å². The lowest BCUT2D eigenvalue weighted by molar-refractivity contribution is -0.424. The summed E-state index contributed by atoms with van der Waals surface area (Å²) in [5.74, 6) is 0.0942. The van der Waals surface area contributed by atoms with Crippen LogP contribution in [0.1, 0.15) is 68.7 Å². The predicted molar refractivity (Wildman–Crippen MR) is 84.0 cm³/mol. The molecule has 0 aromatic carbocycles. The van der Waals surface area contributed by atoms with Crippen LogP contribution in [0, 0.1) is 11.3 Å². The third-order valence-corrected chi connectivity index (χ3v) is 3.54. The summed E-state index contributed by atoms with van der Waals surface area (Å²) in [6, 6.07) is 0. The van der Waals surface area contributed by atoms with Gasteiger partial charge in [0.15, 0.2) is 11.9 Å². The Bertz CT molecular complexity index is 389. The molecular formula is C17H32O5. The molecule has 3 atom stereocenters. The quantitative estimate of drug-likeness (QED) is 0.582. The first-order chi connectivity index (χ1) is 9.74. The van der Waals surface area contributed by atoms with Crippen molar-refractivity contribution < 1.29 is 24.3 Å². The zero-order chi connectivity index (χ0) is 17.3. The van der Waals surface area contributed by atoms with Crippen LogP contribution < -0.4 is 0 Å². The monoisotopic (exact) mass is 316 g/mol. The Kier molecular flexibility index (Phi) is 5.83. The van der Waals surface area contributed by atoms with E-state index >= 15 is 0 Å². The minimum absolute atomic E-state index is 0.0392. The minimum Gasteiger partial charge on any atom is -0.297 e. The molecule has 1 aliphatic carbocycles. The molecule has 1 rings (SSSR count). The van der Waals surface area contributed by atoms with Crippen LogP contribution in [0.15, 0.2) is 0 Å². The van der Waals surface area contributed by atoms with Gasteiger partial charge in [0.1, 0.15) is 6.10 Å². The van der Waals surface area contributed by atoms with Crippen LogP contribution in [0.2, 0.25) is 0 Å². The molecule has 5 nitrogen and oxygen atoms in total. The lowest BCUT2D eigenvalue weighted by atomic mass is 9.67. The van der Waals surface area contributed by atoms with Crippen LogP contribution >= 0.6 is 0 Å². The van der Waals surface area contributed by atoms with E-state index in [0.29, 0.717) is 6.42 Å². The Hall–Kier alpha value is -0.490. The van der Waals surface area contributed by atoms with E-state index in [-0.39, 0.29) is 17.8 Å². The number of rotatable bonds is 4. The first-order valence-corrected chi connectivity index (χ1v) is 7.96. The van der Waals surface area contributed by atoms with Crippen LogP contribution in [0.5, 0.6) is 0 Å². The fraction of sp³-hybridized carbons (Fsp3) is 0.941. The summed E-state index contributed by atoms with van der Waals surface area (Å²) in [6.07, 6.45) is -0.533. The van der Waals surface area contributed by atoms with Crippen molar-refractivity contribution in [2.45, 2.75) is 92.1 Å². The summed E-state index contributed by atoms with van der Waals surface area (Å²) < 4.78 is 0. The van der Waals surface area contributed by atoms with Gasteiger partial charge in [-0.05, 0) is 47.5 Å². The number of ketones is 1. The molecule has 130 valence electrons. The Morgan fingerprint density at radius 1 is 0.955 bits per heavy atom. The van der Waals surface area contributed by atoms with Crippen molar-refractivity contribution in [2.75, 3.05) is 0 Å². The molecule has 0 amide bonds. The summed E-state index contributed by atoms with van der Waals surface area (Å²) >= 11 is 0. The lowest BCUT2D eigenvalue weighted by Crippen LogP contribution is -2.55. The zero-order valence-electron chi connectivity index (χ0n) is 15.5. The molecule has 0 saturated heterocycles. The molecule has 0 radical (unpaired) electrons. The molecule has 0 N–H and O–H groups in total. The summed E-state index contributed by atoms with van der Waals surface area (Å²) in [6.45, 7) is 17.3. The van der Waals surface area contributed by atoms with Gasteiger partial charge < -0.3 is 0 Å². The molecule has 1 aliphatic rings. The number of hydrogen-bond acceptors (Lipinski definition) is 5. The van der Waals surface area contributed by atoms with E-state index in [1.807, 2.05) is 62.3 Å². The highest BCUT2D eigenvalue weighted by Gasteiger charge is 2.52. The van der Waals surface area contributed by atoms with Crippen molar-refractivity contribution in [3.05, 3.63) is 0 Å². The van der Waals surface area contributed by atoms with E-state index in [1.165, 1.54) is 0 Å². The summed E-state index contributed by atoms with van der Waals surface area (Å²) in [4.78, 5) is 34.5. The highest BCUT2D eigenvalue weighted by atomic mass is 17.2. The van der Waals surface area contributed by atoms with Crippen molar-refractivity contribution >= 4 is 5.78 Å². The van der Waals surface area contributed by atoms with Crippen LogP contribution in [0.25, 0.3) is 0 Å². The molecule has 0 heterocycles. The van der Waals surface area contributed by atoms with Crippen molar-refractivity contribution in [1.82, 2.24) is 0 Å². The smallest absolute Gasteiger partial charge is 0.165 e. The largest absolute Gasteiger partial charge is 0.297 e. The van der Waals surface area contributed by atoms with Gasteiger partial charge in [-0.2, -0.15) is 0 Å². The maximum absolute atomic E-state index is 12.4. The number of carbonyl (C=O) groups is 1. The van der Waals surface area contributed by atoms with E-state index in [1.54, 1.807) is 0 Å². The Balaban J connectivity index is 2.87. The van der Waals surface area contributed by atoms with Crippen LogP contribution in [0.4, 0.5) is 0 Å². The van der Waals surface area contributed by atoms with Crippen LogP contribution in [0.3, 0.4) is 0 Å². The highest BCUT2D eigenvalue weighted by molar-refractivity contribution is 5.85. The molecular weight excluding hydrogens is 284 g/mol. The third kappa shape index (κ3) is 5.30. The van der Waals surface area contributed by atoms with Crippen LogP contribution in [-0.4, -0.2) is 29.2 Å². The van der Waals surface area contributed by atoms with Gasteiger partial charge in [-0.3, -0.25) is 4.79 Å². The van der Waals surface area contributed by atoms with E-state index < -0.39 is 22.7 Å². The Labute approximate surface area is 134 Å². The van der Waals surface area contributed by atoms with Crippen molar-refractivity contribution in [3.63, 3.8) is 0 Å². The first kappa shape index (κ1) is 19.6. The van der Waals surface area contributed by atoms with Gasteiger partial charge in [-0.25, -0.2) is 19.6 Å². The summed E-state index contributed by atoms with van der Waals surface area (Å²) in [5, 5.41) is 0. The minimum atomic E-state index is -0.670. The standard InChI is InChI=1S/C17H32O5/c1-11-10-12(18)14(20-22-16(5,6)7)17(8,9)13(11)19-21-15(2,3)4/h11,13-14H,10H2,1-9H3. The number of carbonyl (C=O) groups excluding carboxylic acids is 1. The summed E-state index contributed by atoms with van der Waals surface area (Å²) in [5.41, 5.74) is -1.43. The molecule has 1 fully saturated rings. The second-order valence-electron chi connectivity index (χ2n) is 8.85. The predicted octanol–water partition coefficient (Wildman–Crippen LogP) is 3.85. The SMILES string of the molecule is CC1CC(=O)C(OOC(C)(C)C)C(C)(C)C1OOC(C)(C)C. The topological polar surface area (TPSA) is 54.0 Å². The first-order valence-electron chi connectivity index (χ1n) is 7.96. The van der Waals surface area contributed by atoms with E-state index in [2.05, 4.69) is 0 Å². The van der Waals surface area contributed by atoms with Crippen molar-refractivity contribution in [1.29, 1.82) is 0 Å². The number of Topliss-reactive ketones (excluding diaryl/α,β-unsaturated/α-hetero) is 1. The second kappa shape index (κ2) is 6.56. The van der Waals surface area contributed by atoms with E-state index in [9.17, 15) is 4.79 Å². The molecule has 0 aromatic rings. The normalized spacial score (nSPS) is 29.7. The van der Waals surface area contributed by atoms with Gasteiger partial charge in [0, 0.05) is 11.8 Å². The van der Waals surface area contributed by atoms with Gasteiger partial charge in [0.2, 0.25) is 0 Å². The molecule has 0 aromatic heterocycles. The highest BCUT2D eigenvalue weighted by Crippen LogP contribution is 2.42. The lowest BCUT2D eigenvalue weighted by Gasteiger charge is -2.45. The molecule has 1 saturated carbocycles. The third-order valence-electron chi connectivity index (χ3n) is 3.54. The van der Waals surface area contributed by atoms with Gasteiger partial charge in [0.05, 0.1) is 11.2 Å². The van der Waals surface area contributed by atoms with Crippen molar-refractivity contribution in [3.8, 4) is 0 Å². The van der Waals surface area contributed by atoms with E-state index in [4.69, 9.17) is 19.6 Å². The maximum atomic E-state index is 12.4. The molecule has 0 aliphatic heterocycles. The average molecular weight is 316 g/mol. The maximum Gasteiger partial charge on any atom is 0.165 e. The Morgan fingerprint density at radius 3 is 1.86 bits per heavy atom. The molecule has 3 unspecified atom stereocenters. The van der Waals surface area contributed by atoms with Gasteiger partial charge in [0.25, 0.3) is 0 Å². The number of hydrogen-bond donors (Lipinski definition) is 0. The van der Waals surface area contributed by atoms with Crippen molar-refractivity contribution in [2.24, 2.45) is 11.3 Å². The van der Waals surface area contributed by atoms with Crippen LogP contribution in [-0.2, 0) is 24.3 Å². The molecule has 0 spiro atoms. The molecule has 22 heavy (non-hydrogen) atoms. The van der Waals surface area contributed by atoms with Gasteiger partial charge in [-0.15, -0.1) is 0 Å². The zero-order valence-corrected chi connectivity index (χ0v) is 15.5. The van der Waals surface area contributed by atoms with E-state index in [0.717, 1.165) is 0 Å². The Morgan fingerprint density at radius 2 is 1.41 bits per heavy atom. The fourth-order valence-electron chi connectivity index (χ4n) is 2.61. The molecule has 0 bridgehead atoms. The second-order valence-corrected chi connectivity index (χ2v) is 8.85. The molecule has 5 heteroatoms. The fourth-order valence-corrected chi connectivity index (χ4v) is 2.61. The summed E-state index contributed by atoms with van der Waals surface area (Å²) in [7, 11) is 0.